The van der Waals surface area contributed by atoms with Crippen LogP contribution in [0, 0.1) is 0 Å². The van der Waals surface area contributed by atoms with Crippen molar-refractivity contribution in [3.63, 3.8) is 0 Å². The van der Waals surface area contributed by atoms with Crippen molar-refractivity contribution >= 4 is 5.91 Å². The first-order valence-corrected chi connectivity index (χ1v) is 10.8. The van der Waals surface area contributed by atoms with Gasteiger partial charge in [-0.3, -0.25) is 4.79 Å². The van der Waals surface area contributed by atoms with Gasteiger partial charge in [-0.2, -0.15) is 18.3 Å². The van der Waals surface area contributed by atoms with Crippen LogP contribution in [0.2, 0.25) is 0 Å². The Bertz CT molecular complexity index is 1220. The average molecular weight is 481 g/mol. The van der Waals surface area contributed by atoms with Gasteiger partial charge in [0.25, 0.3) is 5.91 Å². The molecule has 0 unspecified atom stereocenters. The Balaban J connectivity index is 1.54. The fourth-order valence-electron chi connectivity index (χ4n) is 3.82. The summed E-state index contributed by atoms with van der Waals surface area (Å²) in [5.41, 5.74) is 0.285. The maximum Gasteiger partial charge on any atom is 0.434 e. The van der Waals surface area contributed by atoms with E-state index >= 15 is 0 Å². The molecule has 10 heteroatoms. The minimum Gasteiger partial charge on any atom is -0.480 e. The number of ether oxygens (including phenoxy) is 1. The predicted molar refractivity (Wildman–Crippen MR) is 122 cm³/mol. The van der Waals surface area contributed by atoms with Crippen molar-refractivity contribution in [1.29, 1.82) is 0 Å². The molecule has 4 rings (SSSR count). The molecule has 0 aliphatic heterocycles. The van der Waals surface area contributed by atoms with E-state index in [1.165, 1.54) is 19.2 Å². The molecule has 4 aromatic rings. The van der Waals surface area contributed by atoms with Crippen LogP contribution >= 0.6 is 0 Å². The number of methoxy groups -OCH3 is 1. The summed E-state index contributed by atoms with van der Waals surface area (Å²) in [6.07, 6.45) is -3.46. The molecule has 1 amide bonds. The molecule has 1 N–H and O–H groups in total. The lowest BCUT2D eigenvalue weighted by atomic mass is 9.88. The molecule has 2 aromatic heterocycles. The maximum atomic E-state index is 13.9. The Labute approximate surface area is 199 Å². The molecule has 7 nitrogen and oxygen atoms in total. The fourth-order valence-corrected chi connectivity index (χ4v) is 3.82. The number of nitrogens with zero attached hydrogens (tertiary/aromatic N) is 4. The molecule has 0 atom stereocenters. The van der Waals surface area contributed by atoms with Crippen molar-refractivity contribution in [3.8, 4) is 11.7 Å². The Kier molecular flexibility index (Phi) is 7.09. The lowest BCUT2D eigenvalue weighted by molar-refractivity contribution is -0.143. The zero-order valence-corrected chi connectivity index (χ0v) is 18.7. The number of nitrogens with one attached hydrogen (secondary N) is 1. The van der Waals surface area contributed by atoms with E-state index in [1.807, 2.05) is 60.7 Å². The van der Waals surface area contributed by atoms with Crippen LogP contribution < -0.4 is 10.1 Å². The summed E-state index contributed by atoms with van der Waals surface area (Å²) < 4.78 is 47.2. The first-order valence-electron chi connectivity index (χ1n) is 10.8. The Morgan fingerprint density at radius 2 is 1.60 bits per heavy atom. The molecule has 0 fully saturated rings. The van der Waals surface area contributed by atoms with E-state index in [1.54, 1.807) is 0 Å². The van der Waals surface area contributed by atoms with Crippen molar-refractivity contribution in [2.24, 2.45) is 0 Å². The first-order chi connectivity index (χ1) is 16.9. The highest BCUT2D eigenvalue weighted by Crippen LogP contribution is 2.33. The molecule has 0 saturated heterocycles. The van der Waals surface area contributed by atoms with Gasteiger partial charge >= 0.3 is 6.18 Å². The molecule has 0 aliphatic carbocycles. The van der Waals surface area contributed by atoms with E-state index in [4.69, 9.17) is 4.74 Å². The molecule has 0 aliphatic rings. The number of hydrogen-bond acceptors (Lipinski definition) is 5. The van der Waals surface area contributed by atoms with Gasteiger partial charge in [-0.25, -0.2) is 4.68 Å². The number of hydrogen-bond donors (Lipinski definition) is 1. The van der Waals surface area contributed by atoms with Crippen LogP contribution in [-0.2, 0) is 6.18 Å². The van der Waals surface area contributed by atoms with Crippen LogP contribution in [0.3, 0.4) is 0 Å². The van der Waals surface area contributed by atoms with Crippen LogP contribution in [0.15, 0.2) is 79.0 Å². The number of halogens is 3. The monoisotopic (exact) mass is 481 g/mol. The normalized spacial score (nSPS) is 11.5. The third kappa shape index (κ3) is 5.48. The highest BCUT2D eigenvalue weighted by atomic mass is 19.4. The van der Waals surface area contributed by atoms with Crippen LogP contribution in [-0.4, -0.2) is 39.5 Å². The summed E-state index contributed by atoms with van der Waals surface area (Å²) in [5.74, 6) is -0.953. The van der Waals surface area contributed by atoms with Crippen molar-refractivity contribution < 1.29 is 22.7 Å². The number of carbonyl (C=O) groups is 1. The highest BCUT2D eigenvalue weighted by Gasteiger charge is 2.41. The van der Waals surface area contributed by atoms with Gasteiger partial charge < -0.3 is 10.1 Å². The number of aromatic nitrogens is 4. The van der Waals surface area contributed by atoms with Crippen LogP contribution in [0.5, 0.6) is 5.88 Å². The van der Waals surface area contributed by atoms with Crippen LogP contribution in [0.1, 0.15) is 39.5 Å². The van der Waals surface area contributed by atoms with Gasteiger partial charge in [0.1, 0.15) is 0 Å². The number of carbonyl (C=O) groups excluding carboxylic acids is 1. The van der Waals surface area contributed by atoms with Crippen LogP contribution in [0.4, 0.5) is 13.2 Å². The number of benzene rings is 2. The van der Waals surface area contributed by atoms with Gasteiger partial charge in [-0.05, 0) is 23.6 Å². The Hall–Kier alpha value is -4.21. The van der Waals surface area contributed by atoms with Gasteiger partial charge in [-0.15, -0.1) is 10.2 Å². The van der Waals surface area contributed by atoms with Crippen molar-refractivity contribution in [2.75, 3.05) is 13.7 Å². The molecule has 0 bridgehead atoms. The molecule has 2 aromatic carbocycles. The maximum absolute atomic E-state index is 13.9. The summed E-state index contributed by atoms with van der Waals surface area (Å²) in [4.78, 5) is 12.8. The highest BCUT2D eigenvalue weighted by molar-refractivity contribution is 5.95. The Morgan fingerprint density at radius 1 is 0.971 bits per heavy atom. The zero-order valence-electron chi connectivity index (χ0n) is 18.7. The van der Waals surface area contributed by atoms with Crippen molar-refractivity contribution in [3.05, 3.63) is 101 Å². The molecular formula is C25H22F3N5O2. The largest absolute Gasteiger partial charge is 0.480 e. The predicted octanol–water partition coefficient (Wildman–Crippen LogP) is 4.64. The summed E-state index contributed by atoms with van der Waals surface area (Å²) in [5, 5.41) is 13.8. The molecule has 35 heavy (non-hydrogen) atoms. The van der Waals surface area contributed by atoms with E-state index in [-0.39, 0.29) is 24.2 Å². The van der Waals surface area contributed by atoms with Gasteiger partial charge in [-0.1, -0.05) is 60.7 Å². The summed E-state index contributed by atoms with van der Waals surface area (Å²) in [6.45, 7) is 0.165. The first kappa shape index (κ1) is 23.9. The van der Waals surface area contributed by atoms with E-state index in [2.05, 4.69) is 20.6 Å². The molecule has 0 spiro atoms. The third-order valence-electron chi connectivity index (χ3n) is 5.46. The van der Waals surface area contributed by atoms with Crippen LogP contribution in [0.25, 0.3) is 5.82 Å². The average Bonchev–Trinajstić information content (AvgIpc) is 3.34. The zero-order chi connectivity index (χ0) is 24.8. The SMILES string of the molecule is COc1ccc(-n2ncc(C(=O)NCCC(c3ccccc3)c3ccccc3)c2C(F)(F)F)nn1. The lowest BCUT2D eigenvalue weighted by Gasteiger charge is -2.18. The molecule has 2 heterocycles. The van der Waals surface area contributed by atoms with E-state index in [0.29, 0.717) is 11.1 Å². The second-order valence-electron chi connectivity index (χ2n) is 7.67. The van der Waals surface area contributed by atoms with E-state index in [9.17, 15) is 18.0 Å². The summed E-state index contributed by atoms with van der Waals surface area (Å²) in [6, 6.07) is 22.1. The van der Waals surface area contributed by atoms with E-state index < -0.39 is 23.3 Å². The molecule has 0 radical (unpaired) electrons. The van der Waals surface area contributed by atoms with Gasteiger partial charge in [0.2, 0.25) is 5.88 Å². The second-order valence-corrected chi connectivity index (χ2v) is 7.67. The van der Waals surface area contributed by atoms with Crippen molar-refractivity contribution in [2.45, 2.75) is 18.5 Å². The molecular weight excluding hydrogens is 459 g/mol. The summed E-state index contributed by atoms with van der Waals surface area (Å²) >= 11 is 0. The Morgan fingerprint density at radius 3 is 2.11 bits per heavy atom. The lowest BCUT2D eigenvalue weighted by Crippen LogP contribution is -2.28. The standard InChI is InChI=1S/C25H22F3N5O2/c1-35-22-13-12-21(31-32-22)33-23(25(26,27)28)20(16-30-33)24(34)29-15-14-19(17-8-4-2-5-9-17)18-10-6-3-7-11-18/h2-13,16,19H,14-15H2,1H3,(H,29,34). The molecule has 0 saturated carbocycles. The van der Waals surface area contributed by atoms with Gasteiger partial charge in [0.15, 0.2) is 11.5 Å². The minimum absolute atomic E-state index is 0.0305. The van der Waals surface area contributed by atoms with Crippen molar-refractivity contribution in [1.82, 2.24) is 25.3 Å². The smallest absolute Gasteiger partial charge is 0.434 e. The van der Waals surface area contributed by atoms with Gasteiger partial charge in [0.05, 0.1) is 18.9 Å². The summed E-state index contributed by atoms with van der Waals surface area (Å²) in [7, 11) is 1.36. The van der Waals surface area contributed by atoms with E-state index in [0.717, 1.165) is 17.3 Å². The number of rotatable bonds is 8. The second kappa shape index (κ2) is 10.4. The van der Waals surface area contributed by atoms with Gasteiger partial charge in [0, 0.05) is 18.5 Å². The number of amides is 1. The number of alkyl halides is 3. The third-order valence-corrected chi connectivity index (χ3v) is 5.46. The fraction of sp³-hybridized carbons (Fsp3) is 0.200. The molecule has 180 valence electrons. The topological polar surface area (TPSA) is 81.9 Å². The minimum atomic E-state index is -4.85. The quantitative estimate of drug-likeness (QED) is 0.397.